The van der Waals surface area contributed by atoms with Crippen molar-refractivity contribution in [3.8, 4) is 0 Å². The monoisotopic (exact) mass is 335 g/mol. The minimum atomic E-state index is -0.442. The van der Waals surface area contributed by atoms with Crippen molar-refractivity contribution < 1.29 is 14.3 Å². The standard InChI is InChI=1S/C18H25NO3S/c1-23-16-12-8-7-11-15(16)18(21)22-13-17(20)19-14-9-5-3-2-4-6-10-14/h7-8,11-12,14H,2-6,9-10,13H2,1H3,(H,19,20). The molecule has 0 spiro atoms. The molecule has 1 amide bonds. The van der Waals surface area contributed by atoms with Gasteiger partial charge in [-0.25, -0.2) is 4.79 Å². The van der Waals surface area contributed by atoms with E-state index in [4.69, 9.17) is 4.74 Å². The van der Waals surface area contributed by atoms with Crippen LogP contribution in [0.5, 0.6) is 0 Å². The number of carbonyl (C=O) groups excluding carboxylic acids is 2. The predicted molar refractivity (Wildman–Crippen MR) is 92.8 cm³/mol. The lowest BCUT2D eigenvalue weighted by molar-refractivity contribution is -0.125. The number of rotatable bonds is 5. The van der Waals surface area contributed by atoms with E-state index in [1.807, 2.05) is 18.4 Å². The Kier molecular flexibility index (Phi) is 7.46. The Balaban J connectivity index is 1.80. The summed E-state index contributed by atoms with van der Waals surface area (Å²) in [5, 5.41) is 3.00. The van der Waals surface area contributed by atoms with Crippen molar-refractivity contribution in [3.05, 3.63) is 29.8 Å². The molecule has 0 atom stereocenters. The summed E-state index contributed by atoms with van der Waals surface area (Å²) in [6.45, 7) is -0.210. The van der Waals surface area contributed by atoms with E-state index in [0.717, 1.165) is 30.6 Å². The fourth-order valence-corrected chi connectivity index (χ4v) is 3.48. The van der Waals surface area contributed by atoms with Gasteiger partial charge in [-0.15, -0.1) is 11.8 Å². The first-order chi connectivity index (χ1) is 11.2. The Morgan fingerprint density at radius 1 is 1.13 bits per heavy atom. The van der Waals surface area contributed by atoms with Crippen molar-refractivity contribution in [1.29, 1.82) is 0 Å². The molecule has 5 heteroatoms. The van der Waals surface area contributed by atoms with Gasteiger partial charge in [-0.2, -0.15) is 0 Å². The predicted octanol–water partition coefficient (Wildman–Crippen LogP) is 3.79. The zero-order valence-corrected chi connectivity index (χ0v) is 14.5. The summed E-state index contributed by atoms with van der Waals surface area (Å²) in [5.74, 6) is -0.645. The Morgan fingerprint density at radius 3 is 2.48 bits per heavy atom. The van der Waals surface area contributed by atoms with Gasteiger partial charge in [0, 0.05) is 10.9 Å². The van der Waals surface area contributed by atoms with E-state index in [-0.39, 0.29) is 18.6 Å². The zero-order valence-electron chi connectivity index (χ0n) is 13.7. The van der Waals surface area contributed by atoms with E-state index in [2.05, 4.69) is 5.32 Å². The summed E-state index contributed by atoms with van der Waals surface area (Å²) < 4.78 is 5.17. The van der Waals surface area contributed by atoms with Crippen LogP contribution in [-0.2, 0) is 9.53 Å². The highest BCUT2D eigenvalue weighted by atomic mass is 32.2. The van der Waals surface area contributed by atoms with Gasteiger partial charge in [0.05, 0.1) is 5.56 Å². The lowest BCUT2D eigenvalue weighted by Gasteiger charge is -2.21. The molecule has 2 rings (SSSR count). The van der Waals surface area contributed by atoms with Gasteiger partial charge in [-0.3, -0.25) is 4.79 Å². The summed E-state index contributed by atoms with van der Waals surface area (Å²) >= 11 is 1.49. The van der Waals surface area contributed by atoms with Gasteiger partial charge in [0.25, 0.3) is 5.91 Å². The van der Waals surface area contributed by atoms with Crippen LogP contribution in [0.4, 0.5) is 0 Å². The van der Waals surface area contributed by atoms with E-state index in [0.29, 0.717) is 5.56 Å². The van der Waals surface area contributed by atoms with Gasteiger partial charge in [-0.05, 0) is 31.2 Å². The second-order valence-electron chi connectivity index (χ2n) is 5.89. The van der Waals surface area contributed by atoms with Crippen LogP contribution in [0, 0.1) is 0 Å². The molecular weight excluding hydrogens is 310 g/mol. The zero-order chi connectivity index (χ0) is 16.5. The van der Waals surface area contributed by atoms with E-state index in [1.54, 1.807) is 12.1 Å². The first kappa shape index (κ1) is 17.9. The maximum Gasteiger partial charge on any atom is 0.339 e. The highest BCUT2D eigenvalue weighted by molar-refractivity contribution is 7.98. The lowest BCUT2D eigenvalue weighted by atomic mass is 9.97. The molecule has 0 aliphatic heterocycles. The Bertz CT molecular complexity index is 525. The molecule has 4 nitrogen and oxygen atoms in total. The molecule has 0 aromatic heterocycles. The summed E-state index contributed by atoms with van der Waals surface area (Å²) in [5.41, 5.74) is 0.513. The van der Waals surface area contributed by atoms with Gasteiger partial charge < -0.3 is 10.1 Å². The van der Waals surface area contributed by atoms with Crippen molar-refractivity contribution in [3.63, 3.8) is 0 Å². The fraction of sp³-hybridized carbons (Fsp3) is 0.556. The second-order valence-corrected chi connectivity index (χ2v) is 6.73. The fourth-order valence-electron chi connectivity index (χ4n) is 2.89. The molecule has 1 fully saturated rings. The van der Waals surface area contributed by atoms with Crippen LogP contribution in [-0.4, -0.2) is 30.8 Å². The molecule has 126 valence electrons. The van der Waals surface area contributed by atoms with Gasteiger partial charge >= 0.3 is 5.97 Å². The number of hydrogen-bond donors (Lipinski definition) is 1. The van der Waals surface area contributed by atoms with Crippen molar-refractivity contribution >= 4 is 23.6 Å². The van der Waals surface area contributed by atoms with Crippen molar-refractivity contribution in [2.45, 2.75) is 55.9 Å². The van der Waals surface area contributed by atoms with Crippen LogP contribution in [0.2, 0.25) is 0 Å². The van der Waals surface area contributed by atoms with Crippen LogP contribution in [0.15, 0.2) is 29.2 Å². The molecule has 1 aromatic carbocycles. The number of amides is 1. The first-order valence-corrected chi connectivity index (χ1v) is 9.52. The van der Waals surface area contributed by atoms with Gasteiger partial charge in [0.15, 0.2) is 6.61 Å². The second kappa shape index (κ2) is 9.60. The molecule has 1 saturated carbocycles. The molecule has 0 radical (unpaired) electrons. The number of nitrogens with one attached hydrogen (secondary N) is 1. The van der Waals surface area contributed by atoms with Crippen molar-refractivity contribution in [2.75, 3.05) is 12.9 Å². The summed E-state index contributed by atoms with van der Waals surface area (Å²) in [6.07, 6.45) is 10.1. The molecule has 23 heavy (non-hydrogen) atoms. The Hall–Kier alpha value is -1.49. The maximum absolute atomic E-state index is 12.1. The number of hydrogen-bond acceptors (Lipinski definition) is 4. The number of ether oxygens (including phenoxy) is 1. The minimum absolute atomic E-state index is 0.203. The van der Waals surface area contributed by atoms with E-state index in [9.17, 15) is 9.59 Å². The Labute approximate surface area is 142 Å². The molecule has 0 saturated heterocycles. The topological polar surface area (TPSA) is 55.4 Å². The molecular formula is C18H25NO3S. The number of carbonyl (C=O) groups is 2. The normalized spacial score (nSPS) is 16.2. The average Bonchev–Trinajstić information content (AvgIpc) is 2.55. The maximum atomic E-state index is 12.1. The van der Waals surface area contributed by atoms with Gasteiger partial charge in [-0.1, -0.05) is 44.2 Å². The third kappa shape index (κ3) is 5.90. The van der Waals surface area contributed by atoms with Gasteiger partial charge in [0.2, 0.25) is 0 Å². The molecule has 1 N–H and O–H groups in total. The van der Waals surface area contributed by atoms with Gasteiger partial charge in [0.1, 0.15) is 0 Å². The third-order valence-corrected chi connectivity index (χ3v) is 4.93. The van der Waals surface area contributed by atoms with Crippen LogP contribution in [0.1, 0.15) is 55.3 Å². The van der Waals surface area contributed by atoms with Crippen molar-refractivity contribution in [1.82, 2.24) is 5.32 Å². The van der Waals surface area contributed by atoms with E-state index in [1.165, 1.54) is 31.0 Å². The molecule has 1 aliphatic rings. The number of esters is 1. The summed E-state index contributed by atoms with van der Waals surface area (Å²) in [4.78, 5) is 25.0. The average molecular weight is 335 g/mol. The largest absolute Gasteiger partial charge is 0.452 e. The van der Waals surface area contributed by atoms with E-state index >= 15 is 0 Å². The molecule has 0 heterocycles. The smallest absolute Gasteiger partial charge is 0.339 e. The van der Waals surface area contributed by atoms with Crippen LogP contribution in [0.25, 0.3) is 0 Å². The summed E-state index contributed by atoms with van der Waals surface area (Å²) in [6, 6.07) is 7.49. The number of thioether (sulfide) groups is 1. The quantitative estimate of drug-likeness (QED) is 0.657. The minimum Gasteiger partial charge on any atom is -0.452 e. The van der Waals surface area contributed by atoms with Crippen LogP contribution < -0.4 is 5.32 Å². The highest BCUT2D eigenvalue weighted by Gasteiger charge is 2.17. The first-order valence-electron chi connectivity index (χ1n) is 8.30. The highest BCUT2D eigenvalue weighted by Crippen LogP contribution is 2.20. The SMILES string of the molecule is CSc1ccccc1C(=O)OCC(=O)NC1CCCCCCC1. The third-order valence-electron chi connectivity index (χ3n) is 4.13. The van der Waals surface area contributed by atoms with Crippen LogP contribution >= 0.6 is 11.8 Å². The molecule has 1 aliphatic carbocycles. The lowest BCUT2D eigenvalue weighted by Crippen LogP contribution is -2.38. The molecule has 0 bridgehead atoms. The van der Waals surface area contributed by atoms with Crippen LogP contribution in [0.3, 0.4) is 0 Å². The summed E-state index contributed by atoms with van der Waals surface area (Å²) in [7, 11) is 0. The molecule has 0 unspecified atom stereocenters. The van der Waals surface area contributed by atoms with E-state index < -0.39 is 5.97 Å². The number of benzene rings is 1. The van der Waals surface area contributed by atoms with Crippen molar-refractivity contribution in [2.24, 2.45) is 0 Å². The molecule has 1 aromatic rings. The Morgan fingerprint density at radius 2 is 1.78 bits per heavy atom.